The fourth-order valence-corrected chi connectivity index (χ4v) is 4.75. The average Bonchev–Trinajstić information content (AvgIpc) is 3.51. The molecule has 0 radical (unpaired) electrons. The molecule has 4 aromatic rings. The Balaban J connectivity index is 1.55. The fraction of sp³-hybridized carbons (Fsp3) is 0.269. The van der Waals surface area contributed by atoms with Crippen LogP contribution in [-0.4, -0.2) is 38.9 Å². The summed E-state index contributed by atoms with van der Waals surface area (Å²) >= 11 is 0. The van der Waals surface area contributed by atoms with E-state index in [2.05, 4.69) is 15.0 Å². The van der Waals surface area contributed by atoms with Crippen molar-refractivity contribution in [1.82, 2.24) is 19.8 Å². The SMILES string of the molecule is CC1c2ccc(OC(F)F)cc2C(C)(c2cnn(C)c2)CN1C(=O)c1cc(-c2ccccc2)on1. The van der Waals surface area contributed by atoms with Crippen LogP contribution in [0.3, 0.4) is 0 Å². The Kier molecular flexibility index (Phi) is 5.62. The van der Waals surface area contributed by atoms with Crippen molar-refractivity contribution in [3.8, 4) is 17.1 Å². The molecule has 1 aliphatic rings. The monoisotopic (exact) mass is 478 g/mol. The van der Waals surface area contributed by atoms with Gasteiger partial charge in [0.25, 0.3) is 5.91 Å². The van der Waals surface area contributed by atoms with Crippen LogP contribution in [0, 0.1) is 0 Å². The molecule has 0 saturated carbocycles. The Hall–Kier alpha value is -4.01. The number of nitrogens with zero attached hydrogens (tertiary/aromatic N) is 4. The van der Waals surface area contributed by atoms with Crippen molar-refractivity contribution in [2.45, 2.75) is 31.9 Å². The van der Waals surface area contributed by atoms with Gasteiger partial charge in [0.1, 0.15) is 5.75 Å². The lowest BCUT2D eigenvalue weighted by molar-refractivity contribution is -0.0499. The van der Waals surface area contributed by atoms with Crippen molar-refractivity contribution >= 4 is 5.91 Å². The van der Waals surface area contributed by atoms with E-state index in [9.17, 15) is 13.6 Å². The number of hydrogen-bond donors (Lipinski definition) is 0. The first-order valence-corrected chi connectivity index (χ1v) is 11.2. The summed E-state index contributed by atoms with van der Waals surface area (Å²) in [5.41, 5.74) is 2.80. The van der Waals surface area contributed by atoms with Gasteiger partial charge in [-0.1, -0.05) is 41.6 Å². The zero-order chi connectivity index (χ0) is 24.7. The van der Waals surface area contributed by atoms with Crippen LogP contribution in [0.2, 0.25) is 0 Å². The van der Waals surface area contributed by atoms with Gasteiger partial charge in [0.2, 0.25) is 0 Å². The average molecular weight is 478 g/mol. The maximum Gasteiger partial charge on any atom is 0.387 e. The third-order valence-electron chi connectivity index (χ3n) is 6.64. The number of amides is 1. The second-order valence-corrected chi connectivity index (χ2v) is 8.91. The van der Waals surface area contributed by atoms with Gasteiger partial charge >= 0.3 is 6.61 Å². The summed E-state index contributed by atoms with van der Waals surface area (Å²) in [5, 5.41) is 8.34. The maximum absolute atomic E-state index is 13.7. The molecule has 2 atom stereocenters. The number of ether oxygens (including phenoxy) is 1. The molecule has 180 valence electrons. The molecule has 35 heavy (non-hydrogen) atoms. The summed E-state index contributed by atoms with van der Waals surface area (Å²) in [4.78, 5) is 15.4. The third-order valence-corrected chi connectivity index (χ3v) is 6.64. The van der Waals surface area contributed by atoms with Crippen molar-refractivity contribution in [2.24, 2.45) is 7.05 Å². The summed E-state index contributed by atoms with van der Waals surface area (Å²) in [6.45, 7) is 1.24. The molecule has 9 heteroatoms. The Morgan fingerprint density at radius 1 is 1.20 bits per heavy atom. The first kappa shape index (κ1) is 22.8. The number of rotatable bonds is 5. The topological polar surface area (TPSA) is 73.4 Å². The normalized spacial score (nSPS) is 19.6. The van der Waals surface area contributed by atoms with Crippen molar-refractivity contribution in [1.29, 1.82) is 0 Å². The molecule has 0 aliphatic carbocycles. The van der Waals surface area contributed by atoms with E-state index in [1.807, 2.05) is 50.4 Å². The summed E-state index contributed by atoms with van der Waals surface area (Å²) in [6, 6.07) is 15.6. The smallest absolute Gasteiger partial charge is 0.387 e. The second-order valence-electron chi connectivity index (χ2n) is 8.91. The van der Waals surface area contributed by atoms with E-state index < -0.39 is 12.0 Å². The molecule has 2 aromatic carbocycles. The molecule has 2 unspecified atom stereocenters. The summed E-state index contributed by atoms with van der Waals surface area (Å²) in [6.07, 6.45) is 3.60. The number of carbonyl (C=O) groups is 1. The number of benzene rings is 2. The van der Waals surface area contributed by atoms with Gasteiger partial charge in [0.05, 0.1) is 12.2 Å². The van der Waals surface area contributed by atoms with Crippen LogP contribution >= 0.6 is 0 Å². The number of carbonyl (C=O) groups excluding carboxylic acids is 1. The molecule has 5 rings (SSSR count). The van der Waals surface area contributed by atoms with Crippen LogP contribution in [0.5, 0.6) is 5.75 Å². The van der Waals surface area contributed by atoms with Gasteiger partial charge < -0.3 is 14.2 Å². The van der Waals surface area contributed by atoms with Crippen molar-refractivity contribution in [3.05, 3.63) is 89.4 Å². The first-order chi connectivity index (χ1) is 16.8. The molecule has 0 fully saturated rings. The van der Waals surface area contributed by atoms with Gasteiger partial charge in [0.15, 0.2) is 11.5 Å². The molecule has 1 amide bonds. The lowest BCUT2D eigenvalue weighted by Gasteiger charge is -2.45. The van der Waals surface area contributed by atoms with Gasteiger partial charge in [0, 0.05) is 42.4 Å². The van der Waals surface area contributed by atoms with Gasteiger partial charge in [-0.3, -0.25) is 9.48 Å². The summed E-state index contributed by atoms with van der Waals surface area (Å²) < 4.78 is 37.7. The zero-order valence-corrected chi connectivity index (χ0v) is 19.5. The molecular weight excluding hydrogens is 454 g/mol. The minimum atomic E-state index is -2.93. The van der Waals surface area contributed by atoms with Crippen molar-refractivity contribution in [3.63, 3.8) is 0 Å². The molecule has 0 saturated heterocycles. The van der Waals surface area contributed by atoms with E-state index in [4.69, 9.17) is 4.52 Å². The molecule has 0 N–H and O–H groups in total. The molecule has 0 bridgehead atoms. The standard InChI is InChI=1S/C26H24F2N4O3/c1-16-20-10-9-19(34-25(27)28)11-21(20)26(2,18-13-29-31(3)14-18)15-32(16)24(33)22-12-23(35-30-22)17-7-5-4-6-8-17/h4-14,16,25H,15H2,1-3H3. The summed E-state index contributed by atoms with van der Waals surface area (Å²) in [7, 11) is 1.80. The van der Waals surface area contributed by atoms with E-state index >= 15 is 0 Å². The third kappa shape index (κ3) is 4.07. The minimum absolute atomic E-state index is 0.0739. The van der Waals surface area contributed by atoms with Gasteiger partial charge in [-0.25, -0.2) is 0 Å². The molecule has 3 heterocycles. The molecular formula is C26H24F2N4O3. The maximum atomic E-state index is 13.7. The number of halogens is 2. The van der Waals surface area contributed by atoms with E-state index in [-0.39, 0.29) is 29.9 Å². The Morgan fingerprint density at radius 2 is 1.97 bits per heavy atom. The van der Waals surface area contributed by atoms with Crippen molar-refractivity contribution in [2.75, 3.05) is 6.54 Å². The minimum Gasteiger partial charge on any atom is -0.435 e. The van der Waals surface area contributed by atoms with E-state index in [0.29, 0.717) is 5.76 Å². The first-order valence-electron chi connectivity index (χ1n) is 11.2. The molecule has 1 aliphatic heterocycles. The van der Waals surface area contributed by atoms with Crippen LogP contribution in [0.15, 0.2) is 71.5 Å². The highest BCUT2D eigenvalue weighted by atomic mass is 19.3. The van der Waals surface area contributed by atoms with Gasteiger partial charge in [-0.05, 0) is 37.1 Å². The number of hydrogen-bond acceptors (Lipinski definition) is 5. The van der Waals surface area contributed by atoms with Gasteiger partial charge in [-0.15, -0.1) is 0 Å². The number of fused-ring (bicyclic) bond motifs is 1. The second kappa shape index (κ2) is 8.65. The predicted molar refractivity (Wildman–Crippen MR) is 124 cm³/mol. The lowest BCUT2D eigenvalue weighted by atomic mass is 9.71. The fourth-order valence-electron chi connectivity index (χ4n) is 4.75. The van der Waals surface area contributed by atoms with Crippen LogP contribution < -0.4 is 4.74 Å². The summed E-state index contributed by atoms with van der Waals surface area (Å²) in [5.74, 6) is 0.296. The van der Waals surface area contributed by atoms with Gasteiger partial charge in [-0.2, -0.15) is 13.9 Å². The highest BCUT2D eigenvalue weighted by molar-refractivity contribution is 5.94. The largest absolute Gasteiger partial charge is 0.435 e. The van der Waals surface area contributed by atoms with E-state index in [0.717, 1.165) is 22.3 Å². The van der Waals surface area contributed by atoms with Crippen LogP contribution in [0.4, 0.5) is 8.78 Å². The molecule has 0 spiro atoms. The zero-order valence-electron chi connectivity index (χ0n) is 19.5. The number of alkyl halides is 2. The van der Waals surface area contributed by atoms with E-state index in [1.165, 1.54) is 6.07 Å². The quantitative estimate of drug-likeness (QED) is 0.394. The molecule has 2 aromatic heterocycles. The van der Waals surface area contributed by atoms with Crippen LogP contribution in [0.1, 0.15) is 47.1 Å². The predicted octanol–water partition coefficient (Wildman–Crippen LogP) is 5.20. The lowest BCUT2D eigenvalue weighted by Crippen LogP contribution is -2.49. The van der Waals surface area contributed by atoms with Crippen LogP contribution in [-0.2, 0) is 12.5 Å². The Morgan fingerprint density at radius 3 is 2.66 bits per heavy atom. The van der Waals surface area contributed by atoms with Crippen molar-refractivity contribution < 1.29 is 22.8 Å². The number of aryl methyl sites for hydroxylation is 1. The van der Waals surface area contributed by atoms with E-state index in [1.54, 1.807) is 41.0 Å². The number of aromatic nitrogens is 3. The Labute approximate surface area is 200 Å². The molecule has 7 nitrogen and oxygen atoms in total. The highest BCUT2D eigenvalue weighted by Gasteiger charge is 2.44. The van der Waals surface area contributed by atoms with Crippen LogP contribution in [0.25, 0.3) is 11.3 Å². The highest BCUT2D eigenvalue weighted by Crippen LogP contribution is 2.45. The Bertz CT molecular complexity index is 1370.